The van der Waals surface area contributed by atoms with Gasteiger partial charge < -0.3 is 4.90 Å². The van der Waals surface area contributed by atoms with Crippen LogP contribution in [0, 0.1) is 11.8 Å². The van der Waals surface area contributed by atoms with Gasteiger partial charge in [0.05, 0.1) is 0 Å². The standard InChI is InChI=1S/C10H19N5O/c1-7(2)5-15(6-8(3)4)10(16)9-11-13-14-12-9/h7-8H,5-6H2,1-4H3,(H,11,12,13,14). The van der Waals surface area contributed by atoms with Crippen LogP contribution in [0.3, 0.4) is 0 Å². The molecule has 1 rings (SSSR count). The van der Waals surface area contributed by atoms with Gasteiger partial charge in [0, 0.05) is 13.1 Å². The first-order valence-corrected chi connectivity index (χ1v) is 5.53. The maximum Gasteiger partial charge on any atom is 0.295 e. The molecule has 0 unspecified atom stereocenters. The molecule has 0 saturated heterocycles. The van der Waals surface area contributed by atoms with Crippen LogP contribution in [-0.4, -0.2) is 44.5 Å². The molecule has 0 atom stereocenters. The summed E-state index contributed by atoms with van der Waals surface area (Å²) in [4.78, 5) is 13.8. The van der Waals surface area contributed by atoms with Gasteiger partial charge in [-0.25, -0.2) is 0 Å². The lowest BCUT2D eigenvalue weighted by Crippen LogP contribution is -2.37. The molecule has 0 radical (unpaired) electrons. The number of H-pyrrole nitrogens is 1. The molecule has 1 heterocycles. The summed E-state index contributed by atoms with van der Waals surface area (Å²) in [5, 5.41) is 13.1. The summed E-state index contributed by atoms with van der Waals surface area (Å²) in [6.07, 6.45) is 0. The number of carbonyl (C=O) groups is 1. The summed E-state index contributed by atoms with van der Waals surface area (Å²) in [6.45, 7) is 9.75. The van der Waals surface area contributed by atoms with E-state index in [0.29, 0.717) is 24.9 Å². The van der Waals surface area contributed by atoms with E-state index in [2.05, 4.69) is 48.3 Å². The number of aromatic amines is 1. The molecule has 0 aliphatic carbocycles. The van der Waals surface area contributed by atoms with E-state index in [0.717, 1.165) is 0 Å². The van der Waals surface area contributed by atoms with Crippen molar-refractivity contribution in [3.05, 3.63) is 5.82 Å². The number of hydrogen-bond donors (Lipinski definition) is 1. The fourth-order valence-electron chi connectivity index (χ4n) is 1.52. The van der Waals surface area contributed by atoms with E-state index in [1.165, 1.54) is 0 Å². The van der Waals surface area contributed by atoms with Crippen molar-refractivity contribution < 1.29 is 4.79 Å². The van der Waals surface area contributed by atoms with Gasteiger partial charge in [0.2, 0.25) is 0 Å². The third-order valence-corrected chi connectivity index (χ3v) is 1.99. The number of aromatic nitrogens is 4. The van der Waals surface area contributed by atoms with Crippen molar-refractivity contribution in [2.45, 2.75) is 27.7 Å². The Balaban J connectivity index is 2.71. The number of tetrazole rings is 1. The number of nitrogens with zero attached hydrogens (tertiary/aromatic N) is 4. The molecule has 0 aliphatic rings. The highest BCUT2D eigenvalue weighted by Crippen LogP contribution is 2.06. The van der Waals surface area contributed by atoms with E-state index in [1.807, 2.05) is 0 Å². The molecule has 0 aliphatic heterocycles. The maximum atomic E-state index is 12.0. The normalized spacial score (nSPS) is 11.1. The van der Waals surface area contributed by atoms with Gasteiger partial charge in [-0.3, -0.25) is 4.79 Å². The van der Waals surface area contributed by atoms with Gasteiger partial charge in [0.25, 0.3) is 11.7 Å². The molecular formula is C10H19N5O. The van der Waals surface area contributed by atoms with E-state index in [9.17, 15) is 4.79 Å². The Morgan fingerprint density at radius 1 is 1.25 bits per heavy atom. The lowest BCUT2D eigenvalue weighted by Gasteiger charge is -2.24. The lowest BCUT2D eigenvalue weighted by molar-refractivity contribution is 0.0703. The fraction of sp³-hybridized carbons (Fsp3) is 0.800. The summed E-state index contributed by atoms with van der Waals surface area (Å²) >= 11 is 0. The minimum Gasteiger partial charge on any atom is -0.335 e. The number of carbonyl (C=O) groups excluding carboxylic acids is 1. The summed E-state index contributed by atoms with van der Waals surface area (Å²) < 4.78 is 0. The molecule has 1 aromatic rings. The second-order valence-electron chi connectivity index (χ2n) is 4.73. The van der Waals surface area contributed by atoms with Gasteiger partial charge in [-0.1, -0.05) is 27.7 Å². The topological polar surface area (TPSA) is 74.8 Å². The molecule has 1 N–H and O–H groups in total. The Bertz CT molecular complexity index is 310. The van der Waals surface area contributed by atoms with E-state index in [1.54, 1.807) is 4.90 Å². The molecule has 0 fully saturated rings. The van der Waals surface area contributed by atoms with Crippen molar-refractivity contribution in [3.8, 4) is 0 Å². The first kappa shape index (κ1) is 12.6. The van der Waals surface area contributed by atoms with Crippen LogP contribution < -0.4 is 0 Å². The van der Waals surface area contributed by atoms with E-state index in [4.69, 9.17) is 0 Å². The van der Waals surface area contributed by atoms with Crippen molar-refractivity contribution in [3.63, 3.8) is 0 Å². The second-order valence-corrected chi connectivity index (χ2v) is 4.73. The van der Waals surface area contributed by atoms with Crippen LogP contribution in [0.4, 0.5) is 0 Å². The monoisotopic (exact) mass is 225 g/mol. The molecule has 6 heteroatoms. The molecule has 16 heavy (non-hydrogen) atoms. The molecule has 0 bridgehead atoms. The summed E-state index contributed by atoms with van der Waals surface area (Å²) in [6, 6.07) is 0. The minimum absolute atomic E-state index is 0.140. The van der Waals surface area contributed by atoms with Gasteiger partial charge >= 0.3 is 0 Å². The maximum absolute atomic E-state index is 12.0. The first-order chi connectivity index (χ1) is 7.50. The smallest absolute Gasteiger partial charge is 0.295 e. The van der Waals surface area contributed by atoms with Gasteiger partial charge in [-0.05, 0) is 17.0 Å². The molecule has 0 aromatic carbocycles. The fourth-order valence-corrected chi connectivity index (χ4v) is 1.52. The van der Waals surface area contributed by atoms with Gasteiger partial charge in [-0.2, -0.15) is 5.21 Å². The number of nitrogens with one attached hydrogen (secondary N) is 1. The molecule has 6 nitrogen and oxygen atoms in total. The van der Waals surface area contributed by atoms with Crippen LogP contribution in [0.1, 0.15) is 38.3 Å². The predicted octanol–water partition coefficient (Wildman–Crippen LogP) is 0.954. The van der Waals surface area contributed by atoms with Crippen molar-refractivity contribution in [2.75, 3.05) is 13.1 Å². The van der Waals surface area contributed by atoms with Gasteiger partial charge in [0.1, 0.15) is 0 Å². The molecule has 0 saturated carbocycles. The van der Waals surface area contributed by atoms with Crippen molar-refractivity contribution in [1.82, 2.24) is 25.5 Å². The number of rotatable bonds is 5. The second kappa shape index (κ2) is 5.58. The van der Waals surface area contributed by atoms with Gasteiger partial charge in [0.15, 0.2) is 0 Å². The zero-order chi connectivity index (χ0) is 12.1. The Hall–Kier alpha value is -1.46. The zero-order valence-corrected chi connectivity index (χ0v) is 10.3. The van der Waals surface area contributed by atoms with Crippen molar-refractivity contribution in [2.24, 2.45) is 11.8 Å². The average molecular weight is 225 g/mol. The van der Waals surface area contributed by atoms with E-state index < -0.39 is 0 Å². The van der Waals surface area contributed by atoms with Crippen LogP contribution >= 0.6 is 0 Å². The highest BCUT2D eigenvalue weighted by Gasteiger charge is 2.21. The highest BCUT2D eigenvalue weighted by molar-refractivity contribution is 5.90. The van der Waals surface area contributed by atoms with Crippen molar-refractivity contribution in [1.29, 1.82) is 0 Å². The summed E-state index contributed by atoms with van der Waals surface area (Å²) in [5.74, 6) is 0.835. The average Bonchev–Trinajstić information content (AvgIpc) is 2.66. The third-order valence-electron chi connectivity index (χ3n) is 1.99. The minimum atomic E-state index is -0.156. The lowest BCUT2D eigenvalue weighted by atomic mass is 10.1. The number of amides is 1. The van der Waals surface area contributed by atoms with Gasteiger partial charge in [-0.15, -0.1) is 10.2 Å². The molecule has 1 aromatic heterocycles. The Kier molecular flexibility index (Phi) is 4.39. The predicted molar refractivity (Wildman–Crippen MR) is 59.8 cm³/mol. The van der Waals surface area contributed by atoms with E-state index >= 15 is 0 Å². The van der Waals surface area contributed by atoms with Crippen LogP contribution in [0.25, 0.3) is 0 Å². The molecule has 0 spiro atoms. The van der Waals surface area contributed by atoms with Crippen LogP contribution in [-0.2, 0) is 0 Å². The molecular weight excluding hydrogens is 206 g/mol. The SMILES string of the molecule is CC(C)CN(CC(C)C)C(=O)c1nn[nH]n1. The molecule has 1 amide bonds. The Morgan fingerprint density at radius 3 is 2.19 bits per heavy atom. The third kappa shape index (κ3) is 3.60. The molecule has 90 valence electrons. The van der Waals surface area contributed by atoms with Crippen LogP contribution in [0.15, 0.2) is 0 Å². The Labute approximate surface area is 95.4 Å². The largest absolute Gasteiger partial charge is 0.335 e. The highest BCUT2D eigenvalue weighted by atomic mass is 16.2. The first-order valence-electron chi connectivity index (χ1n) is 5.53. The quantitative estimate of drug-likeness (QED) is 0.809. The summed E-state index contributed by atoms with van der Waals surface area (Å²) in [7, 11) is 0. The summed E-state index contributed by atoms with van der Waals surface area (Å²) in [5.41, 5.74) is 0. The Morgan fingerprint density at radius 2 is 1.81 bits per heavy atom. The van der Waals surface area contributed by atoms with E-state index in [-0.39, 0.29) is 11.7 Å². The number of hydrogen-bond acceptors (Lipinski definition) is 4. The zero-order valence-electron chi connectivity index (χ0n) is 10.3. The van der Waals surface area contributed by atoms with Crippen LogP contribution in [0.5, 0.6) is 0 Å². The van der Waals surface area contributed by atoms with Crippen molar-refractivity contribution >= 4 is 5.91 Å². The van der Waals surface area contributed by atoms with Crippen LogP contribution in [0.2, 0.25) is 0 Å².